The van der Waals surface area contributed by atoms with E-state index in [1.165, 1.54) is 0 Å². The maximum atomic E-state index is 13.0. The number of rotatable bonds is 3. The summed E-state index contributed by atoms with van der Waals surface area (Å²) in [5.74, 6) is -0.0859. The Morgan fingerprint density at radius 2 is 1.88 bits per heavy atom. The number of para-hydroxylation sites is 1. The molecule has 1 amide bonds. The number of halogens is 1. The number of benzene rings is 1. The number of nitrogens with zero attached hydrogens (tertiary/aromatic N) is 2. The fraction of sp³-hybridized carbons (Fsp3) is 0.500. The summed E-state index contributed by atoms with van der Waals surface area (Å²) in [6.45, 7) is 1.81. The molecule has 2 aromatic rings. The minimum Gasteiger partial charge on any atom is -0.345 e. The first kappa shape index (κ1) is 18.0. The fourth-order valence-corrected chi connectivity index (χ4v) is 6.97. The van der Waals surface area contributed by atoms with E-state index < -0.39 is 9.84 Å². The van der Waals surface area contributed by atoms with E-state index in [9.17, 15) is 13.2 Å². The third kappa shape index (κ3) is 3.08. The molecule has 1 aromatic carbocycles. The first-order valence-corrected chi connectivity index (χ1v) is 11.5. The number of aryl methyl sites for hydroxylation is 1. The Morgan fingerprint density at radius 3 is 2.58 bits per heavy atom. The van der Waals surface area contributed by atoms with Crippen LogP contribution in [0.1, 0.15) is 23.3 Å². The molecule has 3 heterocycles. The number of sulfone groups is 1. The minimum absolute atomic E-state index is 0.0153. The van der Waals surface area contributed by atoms with Crippen molar-refractivity contribution in [2.75, 3.05) is 24.6 Å². The Hall–Kier alpha value is -1.38. The summed E-state index contributed by atoms with van der Waals surface area (Å²) >= 11 is 3.55. The van der Waals surface area contributed by atoms with Gasteiger partial charge in [0.1, 0.15) is 5.69 Å². The van der Waals surface area contributed by atoms with Gasteiger partial charge in [-0.15, -0.1) is 0 Å². The molecule has 0 spiro atoms. The Bertz CT molecular complexity index is 924. The molecule has 1 N–H and O–H groups in total. The molecule has 1 aromatic heterocycles. The van der Waals surface area contributed by atoms with E-state index in [0.717, 1.165) is 41.3 Å². The molecule has 0 saturated carbocycles. The van der Waals surface area contributed by atoms with Crippen LogP contribution in [0.4, 0.5) is 0 Å². The Morgan fingerprint density at radius 1 is 1.19 bits per heavy atom. The molecule has 26 heavy (non-hydrogen) atoms. The van der Waals surface area contributed by atoms with Crippen LogP contribution in [0.2, 0.25) is 0 Å². The lowest BCUT2D eigenvalue weighted by molar-refractivity contribution is 0.0910. The maximum absolute atomic E-state index is 13.0. The molecule has 6 nitrogen and oxygen atoms in total. The number of fused-ring (bicyclic) bond motifs is 1. The SMILES string of the molecule is Cn1c(C(=O)NC2CS(=O)(=O)CC2N2CCCC2)c(Br)c2ccccc21. The fourth-order valence-electron chi connectivity index (χ4n) is 4.24. The van der Waals surface area contributed by atoms with E-state index in [4.69, 9.17) is 0 Å². The van der Waals surface area contributed by atoms with E-state index in [0.29, 0.717) is 5.69 Å². The maximum Gasteiger partial charge on any atom is 0.269 e. The van der Waals surface area contributed by atoms with Crippen LogP contribution in [0.5, 0.6) is 0 Å². The van der Waals surface area contributed by atoms with Crippen molar-refractivity contribution in [3.63, 3.8) is 0 Å². The molecule has 2 fully saturated rings. The van der Waals surface area contributed by atoms with Gasteiger partial charge in [0.15, 0.2) is 9.84 Å². The van der Waals surface area contributed by atoms with Crippen LogP contribution in [0.15, 0.2) is 28.7 Å². The van der Waals surface area contributed by atoms with Gasteiger partial charge in [0.25, 0.3) is 5.91 Å². The Balaban J connectivity index is 1.63. The van der Waals surface area contributed by atoms with Crippen LogP contribution in [0, 0.1) is 0 Å². The van der Waals surface area contributed by atoms with Crippen molar-refractivity contribution in [1.29, 1.82) is 0 Å². The molecule has 0 aliphatic carbocycles. The summed E-state index contributed by atoms with van der Waals surface area (Å²) in [6, 6.07) is 7.30. The first-order chi connectivity index (χ1) is 12.4. The largest absolute Gasteiger partial charge is 0.345 e. The van der Waals surface area contributed by atoms with Crippen molar-refractivity contribution < 1.29 is 13.2 Å². The van der Waals surface area contributed by atoms with Gasteiger partial charge in [-0.2, -0.15) is 0 Å². The zero-order valence-corrected chi connectivity index (χ0v) is 17.0. The van der Waals surface area contributed by atoms with Crippen molar-refractivity contribution in [2.45, 2.75) is 24.9 Å². The predicted molar refractivity (Wildman–Crippen MR) is 105 cm³/mol. The highest BCUT2D eigenvalue weighted by Crippen LogP contribution is 2.31. The molecule has 2 unspecified atom stereocenters. The minimum atomic E-state index is -3.13. The predicted octanol–water partition coefficient (Wildman–Crippen LogP) is 1.93. The number of carbonyl (C=O) groups is 1. The first-order valence-electron chi connectivity index (χ1n) is 8.85. The number of hydrogen-bond donors (Lipinski definition) is 1. The van der Waals surface area contributed by atoms with Crippen molar-refractivity contribution >= 4 is 42.6 Å². The number of aromatic nitrogens is 1. The number of carbonyl (C=O) groups excluding carboxylic acids is 1. The average molecular weight is 440 g/mol. The van der Waals surface area contributed by atoms with Crippen LogP contribution in [0.25, 0.3) is 10.9 Å². The topological polar surface area (TPSA) is 71.4 Å². The van der Waals surface area contributed by atoms with Gasteiger partial charge in [0.05, 0.1) is 22.0 Å². The number of likely N-dealkylation sites (tertiary alicyclic amines) is 1. The lowest BCUT2D eigenvalue weighted by atomic mass is 10.1. The summed E-state index contributed by atoms with van der Waals surface area (Å²) in [5, 5.41) is 3.98. The van der Waals surface area contributed by atoms with E-state index in [1.54, 1.807) is 0 Å². The van der Waals surface area contributed by atoms with Crippen LogP contribution < -0.4 is 5.32 Å². The molecule has 2 saturated heterocycles. The highest BCUT2D eigenvalue weighted by molar-refractivity contribution is 9.10. The van der Waals surface area contributed by atoms with E-state index in [1.807, 2.05) is 35.9 Å². The van der Waals surface area contributed by atoms with E-state index in [2.05, 4.69) is 26.1 Å². The zero-order valence-electron chi connectivity index (χ0n) is 14.6. The average Bonchev–Trinajstić information content (AvgIpc) is 3.27. The van der Waals surface area contributed by atoms with Gasteiger partial charge in [-0.25, -0.2) is 8.42 Å². The smallest absolute Gasteiger partial charge is 0.269 e. The normalized spacial score (nSPS) is 25.8. The van der Waals surface area contributed by atoms with Crippen molar-refractivity contribution in [1.82, 2.24) is 14.8 Å². The van der Waals surface area contributed by atoms with Gasteiger partial charge in [-0.3, -0.25) is 9.69 Å². The molecule has 0 bridgehead atoms. The molecule has 4 rings (SSSR count). The van der Waals surface area contributed by atoms with Crippen LogP contribution in [0.3, 0.4) is 0 Å². The standard InChI is InChI=1S/C18H22BrN3O3S/c1-21-14-7-3-2-6-12(14)16(19)17(21)18(23)20-13-10-26(24,25)11-15(13)22-8-4-5-9-22/h2-3,6-7,13,15H,4-5,8-11H2,1H3,(H,20,23). The second kappa shape index (κ2) is 6.65. The lowest BCUT2D eigenvalue weighted by Crippen LogP contribution is -2.50. The molecule has 2 atom stereocenters. The van der Waals surface area contributed by atoms with Crippen molar-refractivity contribution in [2.24, 2.45) is 7.05 Å². The van der Waals surface area contributed by atoms with Crippen LogP contribution in [-0.4, -0.2) is 60.5 Å². The molecule has 2 aliphatic heterocycles. The summed E-state index contributed by atoms with van der Waals surface area (Å²) in [6.07, 6.45) is 2.18. The molecular weight excluding hydrogens is 418 g/mol. The van der Waals surface area contributed by atoms with Gasteiger partial charge in [-0.1, -0.05) is 18.2 Å². The highest BCUT2D eigenvalue weighted by Gasteiger charge is 2.42. The van der Waals surface area contributed by atoms with Crippen LogP contribution >= 0.6 is 15.9 Å². The summed E-state index contributed by atoms with van der Waals surface area (Å²) in [7, 11) is -1.28. The van der Waals surface area contributed by atoms with Gasteiger partial charge in [0.2, 0.25) is 0 Å². The molecule has 2 aliphatic rings. The van der Waals surface area contributed by atoms with E-state index >= 15 is 0 Å². The third-order valence-electron chi connectivity index (χ3n) is 5.51. The van der Waals surface area contributed by atoms with Crippen LogP contribution in [-0.2, 0) is 16.9 Å². The quantitative estimate of drug-likeness (QED) is 0.792. The van der Waals surface area contributed by atoms with Gasteiger partial charge < -0.3 is 9.88 Å². The molecule has 8 heteroatoms. The Kier molecular flexibility index (Phi) is 4.61. The zero-order chi connectivity index (χ0) is 18.5. The van der Waals surface area contributed by atoms with Crippen molar-refractivity contribution in [3.05, 3.63) is 34.4 Å². The number of amides is 1. The summed E-state index contributed by atoms with van der Waals surface area (Å²) in [5.41, 5.74) is 1.48. The highest BCUT2D eigenvalue weighted by atomic mass is 79.9. The van der Waals surface area contributed by atoms with Gasteiger partial charge >= 0.3 is 0 Å². The van der Waals surface area contributed by atoms with Gasteiger partial charge in [-0.05, 0) is 47.9 Å². The molecular formula is C18H22BrN3O3S. The summed E-state index contributed by atoms with van der Waals surface area (Å²) in [4.78, 5) is 15.2. The second-order valence-electron chi connectivity index (χ2n) is 7.21. The Labute approximate surface area is 161 Å². The van der Waals surface area contributed by atoms with Crippen molar-refractivity contribution in [3.8, 4) is 0 Å². The molecule has 0 radical (unpaired) electrons. The van der Waals surface area contributed by atoms with Gasteiger partial charge in [0, 0.05) is 24.0 Å². The number of hydrogen-bond acceptors (Lipinski definition) is 4. The summed E-state index contributed by atoms with van der Waals surface area (Å²) < 4.78 is 27.0. The monoisotopic (exact) mass is 439 g/mol. The van der Waals surface area contributed by atoms with E-state index in [-0.39, 0.29) is 29.5 Å². The number of nitrogens with one attached hydrogen (secondary N) is 1. The second-order valence-corrected chi connectivity index (χ2v) is 10.2. The third-order valence-corrected chi connectivity index (χ3v) is 8.03. The molecule has 140 valence electrons. The lowest BCUT2D eigenvalue weighted by Gasteiger charge is -2.28.